The number of Topliss-reactive ketones (excluding diaryl/α,β-unsaturated/α-hetero) is 1. The maximum absolute atomic E-state index is 12.7. The Kier molecular flexibility index (Phi) is 5.26. The van der Waals surface area contributed by atoms with E-state index in [2.05, 4.69) is 15.9 Å². The average molecular weight is 470 g/mol. The average Bonchev–Trinajstić information content (AvgIpc) is 3.02. The molecule has 1 aliphatic heterocycles. The number of hydrogen-bond acceptors (Lipinski definition) is 4. The molecule has 6 heteroatoms. The van der Waals surface area contributed by atoms with Crippen molar-refractivity contribution < 1.29 is 19.1 Å². The first kappa shape index (κ1) is 19.4. The Hall–Kier alpha value is -2.89. The van der Waals surface area contributed by atoms with E-state index in [1.165, 1.54) is 6.07 Å². The summed E-state index contributed by atoms with van der Waals surface area (Å²) in [7, 11) is 0. The van der Waals surface area contributed by atoms with Crippen LogP contribution in [-0.2, 0) is 0 Å². The van der Waals surface area contributed by atoms with Crippen LogP contribution in [0, 0.1) is 6.92 Å². The minimum absolute atomic E-state index is 0.210. The number of benzene rings is 3. The number of halogens is 2. The number of carbonyl (C=O) groups is 2. The molecular weight excluding hydrogens is 456 g/mol. The lowest BCUT2D eigenvalue weighted by atomic mass is 10.1. The van der Waals surface area contributed by atoms with Gasteiger partial charge in [0.15, 0.2) is 5.76 Å². The molecule has 4 rings (SSSR count). The molecule has 3 aromatic rings. The molecule has 0 fully saturated rings. The van der Waals surface area contributed by atoms with E-state index in [0.717, 1.165) is 10.0 Å². The van der Waals surface area contributed by atoms with Crippen LogP contribution < -0.4 is 9.47 Å². The van der Waals surface area contributed by atoms with Crippen LogP contribution in [0.3, 0.4) is 0 Å². The normalized spacial score (nSPS) is 13.9. The smallest absolute Gasteiger partial charge is 0.343 e. The molecule has 0 spiro atoms. The van der Waals surface area contributed by atoms with E-state index < -0.39 is 5.97 Å². The fourth-order valence-corrected chi connectivity index (χ4v) is 3.42. The van der Waals surface area contributed by atoms with Gasteiger partial charge >= 0.3 is 5.97 Å². The molecule has 0 bridgehead atoms. The number of allylic oxidation sites excluding steroid dienone is 1. The van der Waals surface area contributed by atoms with Crippen LogP contribution in [0.1, 0.15) is 31.8 Å². The predicted octanol–water partition coefficient (Wildman–Crippen LogP) is 6.25. The third-order valence-electron chi connectivity index (χ3n) is 4.47. The quantitative estimate of drug-likeness (QED) is 0.259. The second kappa shape index (κ2) is 7.85. The van der Waals surface area contributed by atoms with E-state index in [1.807, 2.05) is 24.3 Å². The Morgan fingerprint density at radius 1 is 1.10 bits per heavy atom. The summed E-state index contributed by atoms with van der Waals surface area (Å²) >= 11 is 9.32. The summed E-state index contributed by atoms with van der Waals surface area (Å²) in [6.07, 6.45) is 1.69. The zero-order chi connectivity index (χ0) is 20.5. The Morgan fingerprint density at radius 2 is 1.86 bits per heavy atom. The van der Waals surface area contributed by atoms with Crippen LogP contribution in [-0.4, -0.2) is 11.8 Å². The molecule has 0 radical (unpaired) electrons. The summed E-state index contributed by atoms with van der Waals surface area (Å²) in [6, 6.07) is 17.2. The molecule has 0 saturated carbocycles. The monoisotopic (exact) mass is 468 g/mol. The van der Waals surface area contributed by atoms with Gasteiger partial charge in [-0.3, -0.25) is 4.79 Å². The van der Waals surface area contributed by atoms with Gasteiger partial charge in [0.25, 0.3) is 0 Å². The van der Waals surface area contributed by atoms with Crippen molar-refractivity contribution in [2.75, 3.05) is 0 Å². The number of hydrogen-bond donors (Lipinski definition) is 0. The molecule has 0 saturated heterocycles. The van der Waals surface area contributed by atoms with Gasteiger partial charge in [-0.2, -0.15) is 0 Å². The first-order valence-electron chi connectivity index (χ1n) is 8.73. The second-order valence-electron chi connectivity index (χ2n) is 6.46. The van der Waals surface area contributed by atoms with Crippen LogP contribution in [0.5, 0.6) is 11.5 Å². The molecule has 0 aliphatic carbocycles. The maximum atomic E-state index is 12.7. The molecule has 0 unspecified atom stereocenters. The van der Waals surface area contributed by atoms with E-state index in [1.54, 1.807) is 43.3 Å². The van der Waals surface area contributed by atoms with Gasteiger partial charge in [0.05, 0.1) is 11.1 Å². The van der Waals surface area contributed by atoms with Crippen molar-refractivity contribution >= 4 is 45.4 Å². The molecule has 4 nitrogen and oxygen atoms in total. The van der Waals surface area contributed by atoms with Gasteiger partial charge in [-0.1, -0.05) is 45.7 Å². The van der Waals surface area contributed by atoms with Gasteiger partial charge in [0.2, 0.25) is 5.78 Å². The van der Waals surface area contributed by atoms with Crippen molar-refractivity contribution in [3.05, 3.63) is 98.2 Å². The van der Waals surface area contributed by atoms with Crippen LogP contribution >= 0.6 is 27.5 Å². The van der Waals surface area contributed by atoms with Crippen LogP contribution in [0.25, 0.3) is 6.08 Å². The van der Waals surface area contributed by atoms with Crippen molar-refractivity contribution in [3.8, 4) is 11.5 Å². The summed E-state index contributed by atoms with van der Waals surface area (Å²) in [5.41, 5.74) is 2.19. The fraction of sp³-hybridized carbons (Fsp3) is 0.0435. The van der Waals surface area contributed by atoms with Gasteiger partial charge in [0.1, 0.15) is 11.5 Å². The topological polar surface area (TPSA) is 52.6 Å². The van der Waals surface area contributed by atoms with Crippen molar-refractivity contribution in [2.24, 2.45) is 0 Å². The Morgan fingerprint density at radius 3 is 2.59 bits per heavy atom. The molecule has 0 N–H and O–H groups in total. The zero-order valence-corrected chi connectivity index (χ0v) is 17.6. The molecule has 0 atom stereocenters. The summed E-state index contributed by atoms with van der Waals surface area (Å²) in [6.45, 7) is 1.75. The largest absolute Gasteiger partial charge is 0.452 e. The third kappa shape index (κ3) is 3.97. The van der Waals surface area contributed by atoms with E-state index in [0.29, 0.717) is 33.2 Å². The number of esters is 1. The number of ether oxygens (including phenoxy) is 2. The van der Waals surface area contributed by atoms with Gasteiger partial charge in [-0.25, -0.2) is 4.79 Å². The zero-order valence-electron chi connectivity index (χ0n) is 15.2. The van der Waals surface area contributed by atoms with Gasteiger partial charge in [0, 0.05) is 15.1 Å². The van der Waals surface area contributed by atoms with E-state index in [9.17, 15) is 9.59 Å². The Bertz CT molecular complexity index is 1170. The molecule has 29 heavy (non-hydrogen) atoms. The SMILES string of the molecule is Cc1c(OC(=O)c2cccc(Cl)c2)ccc2c1O/C(=C\c1ccc(Br)cc1)C2=O. The molecular formula is C23H14BrClO4. The highest BCUT2D eigenvalue weighted by atomic mass is 79.9. The first-order chi connectivity index (χ1) is 13.9. The number of ketones is 1. The Balaban J connectivity index is 1.61. The number of carbonyl (C=O) groups excluding carboxylic acids is 2. The van der Waals surface area contributed by atoms with Crippen LogP contribution in [0.4, 0.5) is 0 Å². The third-order valence-corrected chi connectivity index (χ3v) is 5.23. The molecule has 1 aliphatic rings. The van der Waals surface area contributed by atoms with E-state index in [-0.39, 0.29) is 11.5 Å². The van der Waals surface area contributed by atoms with Gasteiger partial charge < -0.3 is 9.47 Å². The van der Waals surface area contributed by atoms with Gasteiger partial charge in [-0.15, -0.1) is 0 Å². The lowest BCUT2D eigenvalue weighted by Crippen LogP contribution is -2.09. The number of rotatable bonds is 3. The Labute approximate surface area is 180 Å². The summed E-state index contributed by atoms with van der Waals surface area (Å²) in [5.74, 6) is 0.203. The summed E-state index contributed by atoms with van der Waals surface area (Å²) in [4.78, 5) is 25.1. The minimum atomic E-state index is -0.537. The van der Waals surface area contributed by atoms with Crippen molar-refractivity contribution in [2.45, 2.75) is 6.92 Å². The van der Waals surface area contributed by atoms with Crippen LogP contribution in [0.15, 0.2) is 70.9 Å². The van der Waals surface area contributed by atoms with E-state index >= 15 is 0 Å². The molecule has 0 aromatic heterocycles. The standard InChI is InChI=1S/C23H14BrClO4/c1-13-19(29-23(27)15-3-2-4-17(25)12-15)10-9-18-21(26)20(28-22(13)18)11-14-5-7-16(24)8-6-14/h2-12H,1H3/b20-11-. The lowest BCUT2D eigenvalue weighted by molar-refractivity contribution is 0.0733. The fourth-order valence-electron chi connectivity index (χ4n) is 2.96. The summed E-state index contributed by atoms with van der Waals surface area (Å²) in [5, 5.41) is 0.446. The summed E-state index contributed by atoms with van der Waals surface area (Å²) < 4.78 is 12.3. The predicted molar refractivity (Wildman–Crippen MR) is 115 cm³/mol. The molecule has 144 valence electrons. The molecule has 1 heterocycles. The van der Waals surface area contributed by atoms with Crippen molar-refractivity contribution in [3.63, 3.8) is 0 Å². The number of fused-ring (bicyclic) bond motifs is 1. The van der Waals surface area contributed by atoms with Gasteiger partial charge in [-0.05, 0) is 61.0 Å². The minimum Gasteiger partial charge on any atom is -0.452 e. The molecule has 3 aromatic carbocycles. The first-order valence-corrected chi connectivity index (χ1v) is 9.90. The highest BCUT2D eigenvalue weighted by Gasteiger charge is 2.30. The second-order valence-corrected chi connectivity index (χ2v) is 7.81. The van der Waals surface area contributed by atoms with Crippen LogP contribution in [0.2, 0.25) is 5.02 Å². The highest BCUT2D eigenvalue weighted by molar-refractivity contribution is 9.10. The molecule has 0 amide bonds. The van der Waals surface area contributed by atoms with Crippen molar-refractivity contribution in [1.29, 1.82) is 0 Å². The van der Waals surface area contributed by atoms with Crippen molar-refractivity contribution in [1.82, 2.24) is 0 Å². The highest BCUT2D eigenvalue weighted by Crippen LogP contribution is 2.39. The maximum Gasteiger partial charge on any atom is 0.343 e. The van der Waals surface area contributed by atoms with E-state index in [4.69, 9.17) is 21.1 Å². The lowest BCUT2D eigenvalue weighted by Gasteiger charge is -2.10.